The Balaban J connectivity index is 1.70. The number of rotatable bonds is 2. The van der Waals surface area contributed by atoms with Crippen molar-refractivity contribution in [1.29, 1.82) is 0 Å². The Morgan fingerprint density at radius 1 is 1.23 bits per heavy atom. The molecular weight excluding hydrogens is 331 g/mol. The lowest BCUT2D eigenvalue weighted by atomic mass is 9.98. The van der Waals surface area contributed by atoms with Gasteiger partial charge in [-0.2, -0.15) is 0 Å². The van der Waals surface area contributed by atoms with Crippen LogP contribution in [0, 0.1) is 40.6 Å². The minimum absolute atomic E-state index is 0.0985. The lowest BCUT2D eigenvalue weighted by Crippen LogP contribution is -2.30. The van der Waals surface area contributed by atoms with Crippen LogP contribution in [-0.4, -0.2) is 11.5 Å². The van der Waals surface area contributed by atoms with Gasteiger partial charge < -0.3 is 4.90 Å². The van der Waals surface area contributed by atoms with E-state index < -0.39 is 0 Å². The van der Waals surface area contributed by atoms with Crippen molar-refractivity contribution < 1.29 is 9.31 Å². The maximum atomic E-state index is 13.4. The average Bonchev–Trinajstić information content (AvgIpc) is 3.43. The van der Waals surface area contributed by atoms with Crippen LogP contribution >= 0.6 is 0 Å². The summed E-state index contributed by atoms with van der Waals surface area (Å²) < 4.78 is 13.4. The van der Waals surface area contributed by atoms with E-state index in [1.54, 1.807) is 13.0 Å². The molecular formula is C21H19FN2O2. The van der Waals surface area contributed by atoms with Crippen LogP contribution in [0.5, 0.6) is 0 Å². The van der Waals surface area contributed by atoms with Crippen LogP contribution in [0.4, 0.5) is 15.8 Å². The molecule has 0 N–H and O–H groups in total. The molecule has 1 fully saturated rings. The topological polar surface area (TPSA) is 46.4 Å². The van der Waals surface area contributed by atoms with Crippen molar-refractivity contribution in [3.8, 4) is 11.8 Å². The van der Waals surface area contributed by atoms with Crippen LogP contribution in [0.25, 0.3) is 0 Å². The first-order valence-corrected chi connectivity index (χ1v) is 8.84. The highest BCUT2D eigenvalue weighted by Gasteiger charge is 2.23. The molecule has 1 saturated carbocycles. The summed E-state index contributed by atoms with van der Waals surface area (Å²) in [4.78, 5) is 13.3. The molecule has 0 amide bonds. The highest BCUT2D eigenvalue weighted by atomic mass is 19.1. The number of nitrogens with zero attached hydrogens (tertiary/aromatic N) is 2. The number of hydrogen-bond acceptors (Lipinski definition) is 3. The molecule has 0 saturated heterocycles. The summed E-state index contributed by atoms with van der Waals surface area (Å²) in [5.74, 6) is 6.35. The number of nitro benzene ring substituents is 1. The summed E-state index contributed by atoms with van der Waals surface area (Å²) >= 11 is 0. The predicted molar refractivity (Wildman–Crippen MR) is 98.6 cm³/mol. The molecule has 5 heteroatoms. The van der Waals surface area contributed by atoms with Gasteiger partial charge in [0.25, 0.3) is 5.69 Å². The largest absolute Gasteiger partial charge is 0.367 e. The molecule has 132 valence electrons. The molecule has 0 radical (unpaired) electrons. The van der Waals surface area contributed by atoms with Crippen molar-refractivity contribution in [3.05, 3.63) is 68.5 Å². The molecule has 2 aromatic carbocycles. The molecule has 2 aromatic rings. The van der Waals surface area contributed by atoms with Gasteiger partial charge in [0, 0.05) is 30.3 Å². The normalized spacial score (nSPS) is 15.8. The molecule has 1 heterocycles. The second-order valence-corrected chi connectivity index (χ2v) is 7.04. The Morgan fingerprint density at radius 2 is 2.04 bits per heavy atom. The first-order valence-electron chi connectivity index (χ1n) is 8.84. The van der Waals surface area contributed by atoms with Gasteiger partial charge in [-0.15, -0.1) is 0 Å². The van der Waals surface area contributed by atoms with E-state index in [1.807, 2.05) is 18.2 Å². The molecule has 1 aliphatic heterocycles. The van der Waals surface area contributed by atoms with E-state index >= 15 is 0 Å². The SMILES string of the molecule is Cc1cc(N2CCc3cc(F)ccc3C2)cc(C#CC2CC2)c1[N+](=O)[O-]. The summed E-state index contributed by atoms with van der Waals surface area (Å²) in [5.41, 5.74) is 4.27. The van der Waals surface area contributed by atoms with Gasteiger partial charge in [-0.25, -0.2) is 4.39 Å². The van der Waals surface area contributed by atoms with Gasteiger partial charge in [0.15, 0.2) is 0 Å². The fraction of sp³-hybridized carbons (Fsp3) is 0.333. The van der Waals surface area contributed by atoms with Gasteiger partial charge in [0.1, 0.15) is 11.4 Å². The number of hydrogen-bond donors (Lipinski definition) is 0. The molecule has 2 aliphatic rings. The molecule has 0 unspecified atom stereocenters. The van der Waals surface area contributed by atoms with E-state index in [4.69, 9.17) is 0 Å². The standard InChI is InChI=1S/C21H19FN2O2/c1-14-10-20(12-17(21(14)24(25)26)5-4-15-2-3-15)23-9-8-16-11-19(22)7-6-18(16)13-23/h6-7,10-12,15H,2-3,8-9,13H2,1H3. The highest BCUT2D eigenvalue weighted by molar-refractivity contribution is 5.65. The summed E-state index contributed by atoms with van der Waals surface area (Å²) in [6.07, 6.45) is 2.92. The van der Waals surface area contributed by atoms with Gasteiger partial charge in [-0.3, -0.25) is 10.1 Å². The fourth-order valence-electron chi connectivity index (χ4n) is 3.43. The van der Waals surface area contributed by atoms with E-state index in [1.165, 1.54) is 6.07 Å². The quantitative estimate of drug-likeness (QED) is 0.459. The monoisotopic (exact) mass is 350 g/mol. The number of anilines is 1. The number of aryl methyl sites for hydroxylation is 1. The van der Waals surface area contributed by atoms with Gasteiger partial charge in [0.05, 0.1) is 4.92 Å². The Hall–Kier alpha value is -2.87. The number of fused-ring (bicyclic) bond motifs is 1. The predicted octanol–water partition coefficient (Wildman–Crippen LogP) is 4.37. The third-order valence-electron chi connectivity index (χ3n) is 5.00. The lowest BCUT2D eigenvalue weighted by Gasteiger charge is -2.31. The van der Waals surface area contributed by atoms with Gasteiger partial charge >= 0.3 is 0 Å². The van der Waals surface area contributed by atoms with E-state index in [-0.39, 0.29) is 16.4 Å². The van der Waals surface area contributed by atoms with E-state index in [0.717, 1.165) is 42.6 Å². The molecule has 4 rings (SSSR count). The van der Waals surface area contributed by atoms with Crippen molar-refractivity contribution in [2.45, 2.75) is 32.7 Å². The van der Waals surface area contributed by atoms with Crippen molar-refractivity contribution in [3.63, 3.8) is 0 Å². The molecule has 0 aromatic heterocycles. The summed E-state index contributed by atoms with van der Waals surface area (Å²) in [7, 11) is 0. The zero-order valence-corrected chi connectivity index (χ0v) is 14.6. The second kappa shape index (κ2) is 6.45. The van der Waals surface area contributed by atoms with Crippen molar-refractivity contribution in [2.75, 3.05) is 11.4 Å². The van der Waals surface area contributed by atoms with Gasteiger partial charge in [-0.05, 0) is 61.6 Å². The Bertz CT molecular complexity index is 954. The van der Waals surface area contributed by atoms with Crippen LogP contribution in [0.15, 0.2) is 30.3 Å². The fourth-order valence-corrected chi connectivity index (χ4v) is 3.43. The highest BCUT2D eigenvalue weighted by Crippen LogP contribution is 2.33. The summed E-state index contributed by atoms with van der Waals surface area (Å²) in [5, 5.41) is 11.5. The van der Waals surface area contributed by atoms with E-state index in [0.29, 0.717) is 23.6 Å². The Kier molecular flexibility index (Phi) is 4.12. The molecule has 0 atom stereocenters. The molecule has 26 heavy (non-hydrogen) atoms. The van der Waals surface area contributed by atoms with Crippen LogP contribution in [-0.2, 0) is 13.0 Å². The third kappa shape index (κ3) is 3.28. The minimum atomic E-state index is -0.343. The number of benzene rings is 2. The third-order valence-corrected chi connectivity index (χ3v) is 5.00. The first kappa shape index (κ1) is 16.6. The van der Waals surface area contributed by atoms with Crippen LogP contribution < -0.4 is 4.90 Å². The number of nitro groups is 1. The van der Waals surface area contributed by atoms with Crippen molar-refractivity contribution >= 4 is 11.4 Å². The zero-order valence-electron chi connectivity index (χ0n) is 14.6. The molecule has 4 nitrogen and oxygen atoms in total. The maximum absolute atomic E-state index is 13.4. The molecule has 0 spiro atoms. The first-order chi connectivity index (χ1) is 12.5. The number of halogens is 1. The van der Waals surface area contributed by atoms with Crippen molar-refractivity contribution in [2.24, 2.45) is 5.92 Å². The zero-order chi connectivity index (χ0) is 18.3. The Morgan fingerprint density at radius 3 is 2.77 bits per heavy atom. The van der Waals surface area contributed by atoms with E-state index in [9.17, 15) is 14.5 Å². The smallest absolute Gasteiger partial charge is 0.287 e. The second-order valence-electron chi connectivity index (χ2n) is 7.04. The molecule has 1 aliphatic carbocycles. The minimum Gasteiger partial charge on any atom is -0.367 e. The summed E-state index contributed by atoms with van der Waals surface area (Å²) in [6, 6.07) is 8.59. The van der Waals surface area contributed by atoms with Crippen LogP contribution in [0.3, 0.4) is 0 Å². The van der Waals surface area contributed by atoms with Crippen LogP contribution in [0.2, 0.25) is 0 Å². The van der Waals surface area contributed by atoms with Gasteiger partial charge in [-0.1, -0.05) is 17.9 Å². The maximum Gasteiger partial charge on any atom is 0.287 e. The lowest BCUT2D eigenvalue weighted by molar-refractivity contribution is -0.385. The van der Waals surface area contributed by atoms with E-state index in [2.05, 4.69) is 16.7 Å². The van der Waals surface area contributed by atoms with Crippen LogP contribution in [0.1, 0.15) is 35.1 Å². The van der Waals surface area contributed by atoms with Crippen molar-refractivity contribution in [1.82, 2.24) is 0 Å². The average molecular weight is 350 g/mol. The Labute approximate surface area is 151 Å². The van der Waals surface area contributed by atoms with Gasteiger partial charge in [0.2, 0.25) is 0 Å². The summed E-state index contributed by atoms with van der Waals surface area (Å²) in [6.45, 7) is 3.18. The molecule has 0 bridgehead atoms.